The monoisotopic (exact) mass is 446 g/mol. The van der Waals surface area contributed by atoms with E-state index in [1.807, 2.05) is 0 Å². The van der Waals surface area contributed by atoms with E-state index < -0.39 is 10.0 Å². The van der Waals surface area contributed by atoms with E-state index >= 15 is 0 Å². The van der Waals surface area contributed by atoms with E-state index in [1.165, 1.54) is 23.5 Å². The van der Waals surface area contributed by atoms with E-state index in [-0.39, 0.29) is 23.8 Å². The number of rotatable bonds is 9. The molecule has 0 unspecified atom stereocenters. The van der Waals surface area contributed by atoms with Gasteiger partial charge < -0.3 is 5.32 Å². The van der Waals surface area contributed by atoms with Gasteiger partial charge in [0.25, 0.3) is 0 Å². The van der Waals surface area contributed by atoms with Gasteiger partial charge in [0.2, 0.25) is 21.1 Å². The van der Waals surface area contributed by atoms with Crippen LogP contribution in [0.5, 0.6) is 0 Å². The highest BCUT2D eigenvalue weighted by molar-refractivity contribution is 9.10. The molecule has 1 amide bonds. The van der Waals surface area contributed by atoms with Crippen LogP contribution in [0.3, 0.4) is 0 Å². The number of aromatic nitrogens is 2. The Balaban J connectivity index is 1.80. The third-order valence-corrected chi connectivity index (χ3v) is 6.13. The third-order valence-electron chi connectivity index (χ3n) is 3.23. The summed E-state index contributed by atoms with van der Waals surface area (Å²) in [4.78, 5) is 12.0. The number of carbonyl (C=O) groups excluding carboxylic acids is 1. The van der Waals surface area contributed by atoms with Gasteiger partial charge in [-0.15, -0.1) is 10.2 Å². The van der Waals surface area contributed by atoms with Crippen LogP contribution in [0.25, 0.3) is 0 Å². The van der Waals surface area contributed by atoms with Gasteiger partial charge >= 0.3 is 0 Å². The van der Waals surface area contributed by atoms with Crippen LogP contribution >= 0.6 is 27.3 Å². The first-order valence-corrected chi connectivity index (χ1v) is 10.9. The Labute approximate surface area is 159 Å². The Morgan fingerprint density at radius 3 is 2.64 bits per heavy atom. The number of nitrogens with zero attached hydrogens (tertiary/aromatic N) is 2. The lowest BCUT2D eigenvalue weighted by molar-refractivity contribution is -0.116. The van der Waals surface area contributed by atoms with Gasteiger partial charge in [-0.1, -0.05) is 40.6 Å². The molecule has 0 aliphatic heterocycles. The fourth-order valence-corrected chi connectivity index (χ4v) is 4.00. The second-order valence-electron chi connectivity index (χ2n) is 5.25. The highest BCUT2D eigenvalue weighted by Gasteiger charge is 2.14. The van der Waals surface area contributed by atoms with Crippen molar-refractivity contribution in [2.45, 2.75) is 37.5 Å². The topological polar surface area (TPSA) is 101 Å². The maximum atomic E-state index is 12.1. The van der Waals surface area contributed by atoms with Gasteiger partial charge in [0.15, 0.2) is 0 Å². The van der Waals surface area contributed by atoms with Crippen molar-refractivity contribution in [3.8, 4) is 0 Å². The molecule has 136 valence electrons. The number of unbranched alkanes of at least 4 members (excludes halogenated alkanes) is 1. The molecule has 0 saturated carbocycles. The molecule has 2 aromatic rings. The molecule has 0 fully saturated rings. The molecular formula is C15H19BrN4O3S2. The number of benzene rings is 1. The van der Waals surface area contributed by atoms with Crippen molar-refractivity contribution in [3.05, 3.63) is 33.7 Å². The number of carbonyl (C=O) groups is 1. The maximum Gasteiger partial charge on any atom is 0.240 e. The predicted octanol–water partition coefficient (Wildman–Crippen LogP) is 2.95. The summed E-state index contributed by atoms with van der Waals surface area (Å²) in [6.45, 7) is 2.10. The minimum Gasteiger partial charge on any atom is -0.300 e. The van der Waals surface area contributed by atoms with E-state index in [4.69, 9.17) is 0 Å². The molecule has 0 atom stereocenters. The Bertz CT molecular complexity index is 806. The Morgan fingerprint density at radius 1 is 1.24 bits per heavy atom. The van der Waals surface area contributed by atoms with Crippen molar-refractivity contribution in [2.24, 2.45) is 0 Å². The Morgan fingerprint density at radius 2 is 1.96 bits per heavy atom. The molecule has 0 bridgehead atoms. The summed E-state index contributed by atoms with van der Waals surface area (Å²) in [6.07, 6.45) is 2.96. The highest BCUT2D eigenvalue weighted by atomic mass is 79.9. The van der Waals surface area contributed by atoms with Crippen molar-refractivity contribution in [1.29, 1.82) is 0 Å². The lowest BCUT2D eigenvalue weighted by Gasteiger charge is -2.06. The predicted molar refractivity (Wildman–Crippen MR) is 101 cm³/mol. The van der Waals surface area contributed by atoms with Gasteiger partial charge in [0.1, 0.15) is 5.01 Å². The summed E-state index contributed by atoms with van der Waals surface area (Å²) in [5.74, 6) is -0.309. The van der Waals surface area contributed by atoms with Crippen LogP contribution in [0.15, 0.2) is 33.6 Å². The zero-order chi connectivity index (χ0) is 18.3. The number of halogens is 1. The maximum absolute atomic E-state index is 12.1. The molecular weight excluding hydrogens is 428 g/mol. The SMILES string of the molecule is CCCCc1nnc(NC(=O)CCNS(=O)(=O)c2ccc(Br)cc2)s1. The molecule has 2 rings (SSSR count). The van der Waals surface area contributed by atoms with E-state index in [9.17, 15) is 13.2 Å². The molecule has 0 aliphatic carbocycles. The lowest BCUT2D eigenvalue weighted by atomic mass is 10.3. The van der Waals surface area contributed by atoms with Crippen LogP contribution in [0.4, 0.5) is 5.13 Å². The quantitative estimate of drug-likeness (QED) is 0.616. The Kier molecular flexibility index (Phi) is 7.48. The van der Waals surface area contributed by atoms with Crippen LogP contribution in [-0.2, 0) is 21.2 Å². The van der Waals surface area contributed by atoms with Gasteiger partial charge in [-0.2, -0.15) is 0 Å². The number of amides is 1. The van der Waals surface area contributed by atoms with E-state index in [1.54, 1.807) is 12.1 Å². The van der Waals surface area contributed by atoms with Crippen molar-refractivity contribution in [2.75, 3.05) is 11.9 Å². The van der Waals surface area contributed by atoms with Gasteiger partial charge in [0.05, 0.1) is 4.90 Å². The molecule has 10 heteroatoms. The summed E-state index contributed by atoms with van der Waals surface area (Å²) in [7, 11) is -3.63. The largest absolute Gasteiger partial charge is 0.300 e. The zero-order valence-corrected chi connectivity index (χ0v) is 16.9. The van der Waals surface area contributed by atoms with E-state index in [2.05, 4.69) is 43.1 Å². The second kappa shape index (κ2) is 9.37. The summed E-state index contributed by atoms with van der Waals surface area (Å²) >= 11 is 4.59. The van der Waals surface area contributed by atoms with Crippen LogP contribution in [-0.4, -0.2) is 31.1 Å². The molecule has 1 heterocycles. The number of aryl methyl sites for hydroxylation is 1. The van der Waals surface area contributed by atoms with Gasteiger partial charge in [-0.25, -0.2) is 13.1 Å². The normalized spacial score (nSPS) is 11.4. The first kappa shape index (κ1) is 20.0. The van der Waals surface area contributed by atoms with Crippen molar-refractivity contribution in [1.82, 2.24) is 14.9 Å². The molecule has 2 N–H and O–H groups in total. The number of hydrogen-bond donors (Lipinski definition) is 2. The standard InChI is InChI=1S/C15H19BrN4O3S2/c1-2-3-4-14-19-20-15(24-14)18-13(21)9-10-17-25(22,23)12-7-5-11(16)6-8-12/h5-8,17H,2-4,9-10H2,1H3,(H,18,20,21). The third kappa shape index (κ3) is 6.46. The summed E-state index contributed by atoms with van der Waals surface area (Å²) in [5.41, 5.74) is 0. The number of anilines is 1. The van der Waals surface area contributed by atoms with Crippen LogP contribution in [0, 0.1) is 0 Å². The molecule has 7 nitrogen and oxygen atoms in total. The fourth-order valence-electron chi connectivity index (χ4n) is 1.91. The number of hydrogen-bond acceptors (Lipinski definition) is 6. The minimum atomic E-state index is -3.63. The highest BCUT2D eigenvalue weighted by Crippen LogP contribution is 2.17. The molecule has 1 aromatic heterocycles. The molecule has 0 radical (unpaired) electrons. The first-order valence-electron chi connectivity index (χ1n) is 7.78. The van der Waals surface area contributed by atoms with Gasteiger partial charge in [0, 0.05) is 23.9 Å². The second-order valence-corrected chi connectivity index (χ2v) is 9.00. The average Bonchev–Trinajstić information content (AvgIpc) is 3.00. The summed E-state index contributed by atoms with van der Waals surface area (Å²) < 4.78 is 27.4. The van der Waals surface area contributed by atoms with Crippen molar-refractivity contribution >= 4 is 48.3 Å². The summed E-state index contributed by atoms with van der Waals surface area (Å²) in [6, 6.07) is 6.27. The first-order chi connectivity index (χ1) is 11.9. The minimum absolute atomic E-state index is 0.00568. The fraction of sp³-hybridized carbons (Fsp3) is 0.400. The molecule has 25 heavy (non-hydrogen) atoms. The van der Waals surface area contributed by atoms with Gasteiger partial charge in [-0.05, 0) is 30.7 Å². The molecule has 0 spiro atoms. The van der Waals surface area contributed by atoms with Crippen molar-refractivity contribution < 1.29 is 13.2 Å². The smallest absolute Gasteiger partial charge is 0.240 e. The van der Waals surface area contributed by atoms with Crippen LogP contribution in [0.1, 0.15) is 31.2 Å². The Hall–Kier alpha value is -1.36. The number of sulfonamides is 1. The molecule has 1 aromatic carbocycles. The van der Waals surface area contributed by atoms with Crippen LogP contribution < -0.4 is 10.0 Å². The van der Waals surface area contributed by atoms with E-state index in [0.717, 1.165) is 28.7 Å². The van der Waals surface area contributed by atoms with Crippen LogP contribution in [0.2, 0.25) is 0 Å². The number of nitrogens with one attached hydrogen (secondary N) is 2. The molecule has 0 saturated heterocycles. The van der Waals surface area contributed by atoms with Crippen molar-refractivity contribution in [3.63, 3.8) is 0 Å². The van der Waals surface area contributed by atoms with Gasteiger partial charge in [-0.3, -0.25) is 4.79 Å². The zero-order valence-electron chi connectivity index (χ0n) is 13.7. The average molecular weight is 447 g/mol. The van der Waals surface area contributed by atoms with E-state index in [0.29, 0.717) is 5.13 Å². The summed E-state index contributed by atoms with van der Waals surface area (Å²) in [5, 5.41) is 11.9. The molecule has 0 aliphatic rings. The lowest BCUT2D eigenvalue weighted by Crippen LogP contribution is -2.27.